The quantitative estimate of drug-likeness (QED) is 0.462. The zero-order valence-electron chi connectivity index (χ0n) is 16.9. The first kappa shape index (κ1) is 20.9. The van der Waals surface area contributed by atoms with Crippen molar-refractivity contribution in [3.8, 4) is 5.69 Å². The molecule has 0 aliphatic heterocycles. The number of nitrogens with zero attached hydrogens (tertiary/aromatic N) is 4. The zero-order valence-corrected chi connectivity index (χ0v) is 18.5. The lowest BCUT2D eigenvalue weighted by molar-refractivity contribution is -0.116. The lowest BCUT2D eigenvalue weighted by atomic mass is 10.2. The standard InChI is InChI=1S/C22H19BrFN5O2/c1-13-11-15(23)3-8-19(13)27-20(30)9-10-28-14(2)26-21-18(22(28)31)12-25-29(21)17-6-4-16(24)5-7-17/h3-8,11-12H,9-10H2,1-2H3,(H,27,30). The van der Waals surface area contributed by atoms with Crippen LogP contribution in [-0.4, -0.2) is 25.2 Å². The van der Waals surface area contributed by atoms with Crippen LogP contribution in [0.2, 0.25) is 0 Å². The van der Waals surface area contributed by atoms with E-state index in [0.29, 0.717) is 22.5 Å². The average Bonchev–Trinajstić information content (AvgIpc) is 3.14. The van der Waals surface area contributed by atoms with Crippen LogP contribution in [0.3, 0.4) is 0 Å². The molecular weight excluding hydrogens is 465 g/mol. The maximum atomic E-state index is 13.2. The molecule has 9 heteroatoms. The van der Waals surface area contributed by atoms with Gasteiger partial charge in [0, 0.05) is 23.1 Å². The van der Waals surface area contributed by atoms with Crippen LogP contribution in [0, 0.1) is 19.7 Å². The Labute approximate surface area is 185 Å². The van der Waals surface area contributed by atoms with E-state index in [1.54, 1.807) is 19.1 Å². The molecule has 2 aromatic carbocycles. The van der Waals surface area contributed by atoms with Gasteiger partial charge in [0.05, 0.1) is 11.9 Å². The molecule has 4 aromatic rings. The van der Waals surface area contributed by atoms with E-state index in [2.05, 4.69) is 31.3 Å². The molecule has 0 unspecified atom stereocenters. The number of nitrogens with one attached hydrogen (secondary N) is 1. The van der Waals surface area contributed by atoms with Gasteiger partial charge < -0.3 is 5.32 Å². The van der Waals surface area contributed by atoms with Gasteiger partial charge in [0.1, 0.15) is 17.0 Å². The molecule has 0 atom stereocenters. The molecule has 0 spiro atoms. The summed E-state index contributed by atoms with van der Waals surface area (Å²) >= 11 is 3.40. The minimum Gasteiger partial charge on any atom is -0.326 e. The van der Waals surface area contributed by atoms with Gasteiger partial charge in [-0.25, -0.2) is 14.1 Å². The lowest BCUT2D eigenvalue weighted by Gasteiger charge is -2.12. The molecule has 0 aliphatic carbocycles. The van der Waals surface area contributed by atoms with Crippen LogP contribution in [0.15, 0.2) is 57.9 Å². The van der Waals surface area contributed by atoms with Gasteiger partial charge >= 0.3 is 0 Å². The number of aromatic nitrogens is 4. The molecule has 0 saturated carbocycles. The Hall–Kier alpha value is -3.33. The fourth-order valence-corrected chi connectivity index (χ4v) is 3.81. The summed E-state index contributed by atoms with van der Waals surface area (Å²) in [6.45, 7) is 3.81. The summed E-state index contributed by atoms with van der Waals surface area (Å²) in [6, 6.07) is 11.4. The van der Waals surface area contributed by atoms with Gasteiger partial charge in [-0.05, 0) is 61.9 Å². The van der Waals surface area contributed by atoms with Crippen molar-refractivity contribution in [2.45, 2.75) is 26.8 Å². The van der Waals surface area contributed by atoms with Crippen LogP contribution in [0.4, 0.5) is 10.1 Å². The van der Waals surface area contributed by atoms with Gasteiger partial charge in [0.25, 0.3) is 5.56 Å². The maximum Gasteiger partial charge on any atom is 0.264 e. The molecule has 0 saturated heterocycles. The van der Waals surface area contributed by atoms with Gasteiger partial charge in [-0.3, -0.25) is 14.2 Å². The number of anilines is 1. The fraction of sp³-hybridized carbons (Fsp3) is 0.182. The highest BCUT2D eigenvalue weighted by Crippen LogP contribution is 2.20. The molecule has 2 heterocycles. The number of aryl methyl sites for hydroxylation is 2. The van der Waals surface area contributed by atoms with Gasteiger partial charge in [0.15, 0.2) is 5.65 Å². The van der Waals surface area contributed by atoms with Crippen molar-refractivity contribution in [3.63, 3.8) is 0 Å². The van der Waals surface area contributed by atoms with Crippen LogP contribution >= 0.6 is 15.9 Å². The summed E-state index contributed by atoms with van der Waals surface area (Å²) in [4.78, 5) is 29.9. The monoisotopic (exact) mass is 483 g/mol. The van der Waals surface area contributed by atoms with Crippen molar-refractivity contribution in [2.75, 3.05) is 5.32 Å². The molecule has 0 radical (unpaired) electrons. The topological polar surface area (TPSA) is 81.8 Å². The molecule has 0 fully saturated rings. The van der Waals surface area contributed by atoms with Crippen LogP contribution in [0.1, 0.15) is 17.8 Å². The normalized spacial score (nSPS) is 11.1. The second-order valence-corrected chi connectivity index (χ2v) is 8.06. The number of hydrogen-bond donors (Lipinski definition) is 1. The first-order chi connectivity index (χ1) is 14.8. The van der Waals surface area contributed by atoms with Crippen LogP contribution in [0.5, 0.6) is 0 Å². The predicted molar refractivity (Wildman–Crippen MR) is 120 cm³/mol. The van der Waals surface area contributed by atoms with Crippen molar-refractivity contribution in [2.24, 2.45) is 0 Å². The SMILES string of the molecule is Cc1cc(Br)ccc1NC(=O)CCn1c(C)nc2c(cnn2-c2ccc(F)cc2)c1=O. The molecule has 1 amide bonds. The molecule has 2 aromatic heterocycles. The Balaban J connectivity index is 1.56. The van der Waals surface area contributed by atoms with Gasteiger partial charge in [-0.1, -0.05) is 15.9 Å². The molecule has 0 bridgehead atoms. The number of hydrogen-bond acceptors (Lipinski definition) is 4. The van der Waals surface area contributed by atoms with Crippen molar-refractivity contribution < 1.29 is 9.18 Å². The first-order valence-electron chi connectivity index (χ1n) is 9.60. The van der Waals surface area contributed by atoms with Gasteiger partial charge in [0.2, 0.25) is 5.91 Å². The van der Waals surface area contributed by atoms with Gasteiger partial charge in [-0.15, -0.1) is 0 Å². The Kier molecular flexibility index (Phi) is 5.69. The number of halogens is 2. The van der Waals surface area contributed by atoms with Crippen LogP contribution < -0.4 is 10.9 Å². The zero-order chi connectivity index (χ0) is 22.1. The number of benzene rings is 2. The average molecular weight is 484 g/mol. The van der Waals surface area contributed by atoms with Crippen molar-refractivity contribution in [1.29, 1.82) is 0 Å². The van der Waals surface area contributed by atoms with Crippen LogP contribution in [-0.2, 0) is 11.3 Å². The molecular formula is C22H19BrFN5O2. The summed E-state index contributed by atoms with van der Waals surface area (Å²) in [5.74, 6) is -0.0869. The largest absolute Gasteiger partial charge is 0.326 e. The predicted octanol–water partition coefficient (Wildman–Crippen LogP) is 4.13. The summed E-state index contributed by atoms with van der Waals surface area (Å²) in [6.07, 6.45) is 1.56. The Morgan fingerprint density at radius 1 is 1.16 bits per heavy atom. The number of carbonyl (C=O) groups is 1. The summed E-state index contributed by atoms with van der Waals surface area (Å²) in [5.41, 5.74) is 2.38. The Morgan fingerprint density at radius 3 is 2.61 bits per heavy atom. The van der Waals surface area contributed by atoms with Gasteiger partial charge in [-0.2, -0.15) is 5.10 Å². The van der Waals surface area contributed by atoms with E-state index in [0.717, 1.165) is 15.7 Å². The number of fused-ring (bicyclic) bond motifs is 1. The Bertz CT molecular complexity index is 1340. The molecule has 4 rings (SSSR count). The second-order valence-electron chi connectivity index (χ2n) is 7.14. The molecule has 31 heavy (non-hydrogen) atoms. The van der Waals surface area contributed by atoms with E-state index in [1.165, 1.54) is 27.6 Å². The summed E-state index contributed by atoms with van der Waals surface area (Å²) in [5, 5.41) is 7.45. The first-order valence-corrected chi connectivity index (χ1v) is 10.4. The van der Waals surface area contributed by atoms with E-state index in [9.17, 15) is 14.0 Å². The Morgan fingerprint density at radius 2 is 1.90 bits per heavy atom. The fourth-order valence-electron chi connectivity index (χ4n) is 3.33. The summed E-state index contributed by atoms with van der Waals surface area (Å²) in [7, 11) is 0. The highest BCUT2D eigenvalue weighted by molar-refractivity contribution is 9.10. The highest BCUT2D eigenvalue weighted by atomic mass is 79.9. The van der Waals surface area contributed by atoms with Crippen LogP contribution in [0.25, 0.3) is 16.7 Å². The molecule has 7 nitrogen and oxygen atoms in total. The molecule has 0 aliphatic rings. The van der Waals surface area contributed by atoms with Crippen molar-refractivity contribution >= 4 is 38.6 Å². The smallest absolute Gasteiger partial charge is 0.264 e. The van der Waals surface area contributed by atoms with Crippen molar-refractivity contribution in [1.82, 2.24) is 19.3 Å². The number of amides is 1. The maximum absolute atomic E-state index is 13.2. The molecule has 158 valence electrons. The third-order valence-electron chi connectivity index (χ3n) is 4.97. The number of rotatable bonds is 5. The third-order valence-corrected chi connectivity index (χ3v) is 5.47. The summed E-state index contributed by atoms with van der Waals surface area (Å²) < 4.78 is 17.1. The highest BCUT2D eigenvalue weighted by Gasteiger charge is 2.15. The number of carbonyl (C=O) groups excluding carboxylic acids is 1. The van der Waals surface area contributed by atoms with Crippen molar-refractivity contribution in [3.05, 3.63) is 80.7 Å². The molecule has 1 N–H and O–H groups in total. The second kappa shape index (κ2) is 8.43. The lowest BCUT2D eigenvalue weighted by Crippen LogP contribution is -2.26. The van der Waals surface area contributed by atoms with E-state index >= 15 is 0 Å². The third kappa shape index (κ3) is 4.27. The minimum absolute atomic E-state index is 0.121. The van der Waals surface area contributed by atoms with E-state index in [4.69, 9.17) is 0 Å². The van der Waals surface area contributed by atoms with E-state index in [-0.39, 0.29) is 30.2 Å². The minimum atomic E-state index is -0.358. The van der Waals surface area contributed by atoms with E-state index in [1.807, 2.05) is 25.1 Å². The van der Waals surface area contributed by atoms with E-state index < -0.39 is 0 Å².